The van der Waals surface area contributed by atoms with Gasteiger partial charge < -0.3 is 14.7 Å². The Morgan fingerprint density at radius 3 is 2.68 bits per heavy atom. The van der Waals surface area contributed by atoms with Gasteiger partial charge in [-0.05, 0) is 43.9 Å². The van der Waals surface area contributed by atoms with E-state index in [0.29, 0.717) is 24.4 Å². The minimum Gasteiger partial charge on any atom is -0.487 e. The average molecular weight is 491 g/mol. The van der Waals surface area contributed by atoms with Gasteiger partial charge in [0.2, 0.25) is 15.9 Å². The summed E-state index contributed by atoms with van der Waals surface area (Å²) >= 11 is 0. The Hall–Kier alpha value is -2.08. The zero-order valence-electron chi connectivity index (χ0n) is 20.8. The molecule has 1 heterocycles. The van der Waals surface area contributed by atoms with Crippen molar-refractivity contribution in [2.75, 3.05) is 26.7 Å². The van der Waals surface area contributed by atoms with Crippen LogP contribution in [0.3, 0.4) is 0 Å². The number of fused-ring (bicyclic) bond motifs is 1. The number of aliphatic hydroxyl groups excluding tert-OH is 1. The van der Waals surface area contributed by atoms with E-state index in [1.165, 1.54) is 30.0 Å². The lowest BCUT2D eigenvalue weighted by atomic mass is 10.0. The van der Waals surface area contributed by atoms with Crippen molar-refractivity contribution in [3.63, 3.8) is 0 Å². The van der Waals surface area contributed by atoms with E-state index in [-0.39, 0.29) is 35.6 Å². The highest BCUT2D eigenvalue weighted by Gasteiger charge is 2.38. The fourth-order valence-corrected chi connectivity index (χ4v) is 6.50. The molecular weight excluding hydrogens is 452 g/mol. The number of aliphatic hydroxyl groups is 1. The molecule has 1 fully saturated rings. The van der Waals surface area contributed by atoms with Gasteiger partial charge in [0.15, 0.2) is 0 Å². The second-order valence-corrected chi connectivity index (χ2v) is 11.5. The zero-order chi connectivity index (χ0) is 24.9. The molecule has 0 aromatic heterocycles. The summed E-state index contributed by atoms with van der Waals surface area (Å²) in [5.74, 6) is 7.13. The Labute approximate surface area is 204 Å². The van der Waals surface area contributed by atoms with Gasteiger partial charge in [-0.1, -0.05) is 38.5 Å². The molecule has 34 heavy (non-hydrogen) atoms. The second-order valence-electron chi connectivity index (χ2n) is 9.69. The molecule has 2 aliphatic rings. The number of hydrogen-bond donors (Lipinski definition) is 1. The van der Waals surface area contributed by atoms with Gasteiger partial charge in [-0.25, -0.2) is 8.42 Å². The Balaban J connectivity index is 1.97. The third kappa shape index (κ3) is 6.12. The van der Waals surface area contributed by atoms with Gasteiger partial charge in [-0.15, -0.1) is 0 Å². The molecule has 1 aromatic rings. The molecule has 8 heteroatoms. The first-order valence-electron chi connectivity index (χ1n) is 12.3. The van der Waals surface area contributed by atoms with E-state index in [4.69, 9.17) is 4.74 Å². The molecule has 0 spiro atoms. The Bertz CT molecular complexity index is 1020. The van der Waals surface area contributed by atoms with Crippen LogP contribution in [0.1, 0.15) is 64.9 Å². The summed E-state index contributed by atoms with van der Waals surface area (Å²) in [6.07, 6.45) is 5.82. The average Bonchev–Trinajstić information content (AvgIpc) is 3.33. The smallest absolute Gasteiger partial charge is 0.247 e. The Kier molecular flexibility index (Phi) is 9.02. The number of likely N-dealkylation sites (N-methyl/N-ethyl adjacent to an activating group) is 1. The third-order valence-electron chi connectivity index (χ3n) is 6.95. The Morgan fingerprint density at radius 1 is 1.32 bits per heavy atom. The molecule has 3 atom stereocenters. The summed E-state index contributed by atoms with van der Waals surface area (Å²) in [5, 5.41) is 9.75. The molecule has 0 radical (unpaired) electrons. The molecule has 1 aliphatic carbocycles. The molecule has 1 aliphatic heterocycles. The van der Waals surface area contributed by atoms with Crippen LogP contribution in [0.25, 0.3) is 0 Å². The van der Waals surface area contributed by atoms with Gasteiger partial charge >= 0.3 is 0 Å². The van der Waals surface area contributed by atoms with Crippen molar-refractivity contribution >= 4 is 15.9 Å². The number of benzene rings is 1. The van der Waals surface area contributed by atoms with Crippen molar-refractivity contribution in [3.8, 4) is 17.6 Å². The maximum Gasteiger partial charge on any atom is 0.247 e. The third-order valence-corrected chi connectivity index (χ3v) is 8.97. The molecule has 1 amide bonds. The molecule has 1 N–H and O–H groups in total. The Morgan fingerprint density at radius 2 is 2.03 bits per heavy atom. The molecule has 7 nitrogen and oxygen atoms in total. The molecule has 0 saturated heterocycles. The van der Waals surface area contributed by atoms with E-state index in [1.807, 2.05) is 13.8 Å². The number of nitrogens with zero attached hydrogens (tertiary/aromatic N) is 2. The topological polar surface area (TPSA) is 87.2 Å². The molecule has 1 aromatic carbocycles. The number of rotatable bonds is 6. The van der Waals surface area contributed by atoms with Crippen molar-refractivity contribution in [2.45, 2.75) is 76.3 Å². The molecular formula is C26H38N2O5S. The number of amides is 1. The van der Waals surface area contributed by atoms with Crippen LogP contribution < -0.4 is 4.74 Å². The molecule has 188 valence electrons. The number of carbonyl (C=O) groups excluding carboxylic acids is 1. The maximum absolute atomic E-state index is 13.5. The summed E-state index contributed by atoms with van der Waals surface area (Å²) in [6.45, 7) is 5.66. The lowest BCUT2D eigenvalue weighted by molar-refractivity contribution is -0.131. The second kappa shape index (κ2) is 11.6. The summed E-state index contributed by atoms with van der Waals surface area (Å²) in [7, 11) is -2.16. The quantitative estimate of drug-likeness (QED) is 0.619. The van der Waals surface area contributed by atoms with E-state index >= 15 is 0 Å². The van der Waals surface area contributed by atoms with Gasteiger partial charge in [0, 0.05) is 44.0 Å². The normalized spacial score (nSPS) is 23.6. The maximum atomic E-state index is 13.5. The zero-order valence-corrected chi connectivity index (χ0v) is 21.6. The van der Waals surface area contributed by atoms with Crippen LogP contribution in [0, 0.1) is 23.7 Å². The first-order valence-corrected chi connectivity index (χ1v) is 13.8. The first-order chi connectivity index (χ1) is 16.2. The van der Waals surface area contributed by atoms with Crippen molar-refractivity contribution in [1.29, 1.82) is 0 Å². The van der Waals surface area contributed by atoms with E-state index < -0.39 is 22.2 Å². The summed E-state index contributed by atoms with van der Waals surface area (Å²) in [5.41, 5.74) is 0.707. The molecule has 3 rings (SSSR count). The minimum atomic E-state index is -3.89. The molecule has 0 unspecified atom stereocenters. The standard InChI is InChI=1S/C26H38N2O5S/c1-5-26(30)27(4)17-24-19(2)16-28(20(3)18-29)34(31,32)25-14-13-22(15-23(25)33-24)12-8-11-21-9-6-7-10-21/h13-15,19-21,24,29H,5-7,9-11,16-18H2,1-4H3/t19-,20-,24-/m0/s1. The number of ether oxygens (including phenoxy) is 1. The van der Waals surface area contributed by atoms with Crippen LogP contribution in [0.15, 0.2) is 23.1 Å². The first kappa shape index (κ1) is 26.5. The lowest BCUT2D eigenvalue weighted by Gasteiger charge is -2.37. The predicted octanol–water partition coefficient (Wildman–Crippen LogP) is 3.26. The van der Waals surface area contributed by atoms with Gasteiger partial charge in [-0.2, -0.15) is 4.31 Å². The van der Waals surface area contributed by atoms with E-state index in [1.54, 1.807) is 37.1 Å². The monoisotopic (exact) mass is 490 g/mol. The highest BCUT2D eigenvalue weighted by atomic mass is 32.2. The number of hydrogen-bond acceptors (Lipinski definition) is 5. The highest BCUT2D eigenvalue weighted by Crippen LogP contribution is 2.34. The summed E-state index contributed by atoms with van der Waals surface area (Å²) in [4.78, 5) is 13.9. The highest BCUT2D eigenvalue weighted by molar-refractivity contribution is 7.89. The van der Waals surface area contributed by atoms with Crippen LogP contribution in [0.4, 0.5) is 0 Å². The predicted molar refractivity (Wildman–Crippen MR) is 132 cm³/mol. The van der Waals surface area contributed by atoms with Crippen LogP contribution in [-0.4, -0.2) is 67.5 Å². The summed E-state index contributed by atoms with van der Waals surface area (Å²) in [6, 6.07) is 4.38. The van der Waals surface area contributed by atoms with Crippen LogP contribution in [-0.2, 0) is 14.8 Å². The van der Waals surface area contributed by atoms with Gasteiger partial charge in [0.1, 0.15) is 16.7 Å². The minimum absolute atomic E-state index is 0.00202. The van der Waals surface area contributed by atoms with Crippen LogP contribution in [0.2, 0.25) is 0 Å². The largest absolute Gasteiger partial charge is 0.487 e. The number of sulfonamides is 1. The fraction of sp³-hybridized carbons (Fsp3) is 0.654. The lowest BCUT2D eigenvalue weighted by Crippen LogP contribution is -2.50. The van der Waals surface area contributed by atoms with Crippen molar-refractivity contribution in [2.24, 2.45) is 11.8 Å². The van der Waals surface area contributed by atoms with E-state index in [0.717, 1.165) is 6.42 Å². The molecule has 1 saturated carbocycles. The summed E-state index contributed by atoms with van der Waals surface area (Å²) < 4.78 is 34.7. The number of carbonyl (C=O) groups is 1. The fourth-order valence-electron chi connectivity index (χ4n) is 4.67. The SMILES string of the molecule is CCC(=O)N(C)C[C@@H]1Oc2cc(C#CCC3CCCC3)ccc2S(=O)(=O)N([C@@H](C)CO)C[C@@H]1C. The van der Waals surface area contributed by atoms with E-state index in [2.05, 4.69) is 11.8 Å². The van der Waals surface area contributed by atoms with Crippen molar-refractivity contribution in [3.05, 3.63) is 23.8 Å². The van der Waals surface area contributed by atoms with Gasteiger partial charge in [0.05, 0.1) is 13.2 Å². The van der Waals surface area contributed by atoms with Gasteiger partial charge in [0.25, 0.3) is 0 Å². The van der Waals surface area contributed by atoms with Crippen molar-refractivity contribution < 1.29 is 23.1 Å². The molecule has 0 bridgehead atoms. The van der Waals surface area contributed by atoms with Crippen LogP contribution >= 0.6 is 0 Å². The van der Waals surface area contributed by atoms with Gasteiger partial charge in [-0.3, -0.25) is 4.79 Å². The van der Waals surface area contributed by atoms with E-state index in [9.17, 15) is 18.3 Å². The van der Waals surface area contributed by atoms with Crippen molar-refractivity contribution in [1.82, 2.24) is 9.21 Å². The van der Waals surface area contributed by atoms with Crippen LogP contribution in [0.5, 0.6) is 5.75 Å².